The Labute approximate surface area is 300 Å². The monoisotopic (exact) mass is 962 g/mol. The minimum absolute atomic E-state index is 0. The molecule has 0 unspecified atom stereocenters. The van der Waals surface area contributed by atoms with E-state index in [1.165, 1.54) is 0 Å². The van der Waals surface area contributed by atoms with Crippen molar-refractivity contribution in [1.82, 2.24) is 19.1 Å². The molecule has 6 rings (SSSR count). The molecule has 0 spiro atoms. The van der Waals surface area contributed by atoms with Crippen molar-refractivity contribution < 1.29 is 51.6 Å². The normalized spacial score (nSPS) is 9.35. The van der Waals surface area contributed by atoms with Gasteiger partial charge in [-0.25, -0.2) is 22.1 Å². The predicted molar refractivity (Wildman–Crippen MR) is 169 cm³/mol. The van der Waals surface area contributed by atoms with Gasteiger partial charge in [-0.1, -0.05) is 23.6 Å². The van der Waals surface area contributed by atoms with E-state index in [-0.39, 0.29) is 42.1 Å². The van der Waals surface area contributed by atoms with E-state index in [4.69, 9.17) is 22.3 Å². The number of rotatable bonds is 5. The number of hydrogen-bond donors (Lipinski definition) is 0. The van der Waals surface area contributed by atoms with E-state index < -0.39 is 0 Å². The van der Waals surface area contributed by atoms with Gasteiger partial charge in [-0.15, -0.1) is 0 Å². The summed E-state index contributed by atoms with van der Waals surface area (Å²) in [6.45, 7) is 7.81. The van der Waals surface area contributed by atoms with Gasteiger partial charge in [0.2, 0.25) is 11.8 Å². The molecule has 4 heterocycles. The molecule has 0 amide bonds. The maximum atomic E-state index is 6.86. The van der Waals surface area contributed by atoms with Gasteiger partial charge in [0.25, 0.3) is 0 Å². The molecule has 0 N–H and O–H groups in total. The largest absolute Gasteiger partial charge is 0.669 e. The Morgan fingerprint density at radius 1 is 0.565 bits per heavy atom. The summed E-state index contributed by atoms with van der Waals surface area (Å²) >= 11 is 0. The van der Waals surface area contributed by atoms with Crippen LogP contribution in [0.25, 0.3) is 11.1 Å². The van der Waals surface area contributed by atoms with Gasteiger partial charge in [0.1, 0.15) is 0 Å². The van der Waals surface area contributed by atoms with Gasteiger partial charge in [-0.05, 0) is 64.1 Å². The first-order valence-electron chi connectivity index (χ1n) is 13.6. The Kier molecular flexibility index (Phi) is 15.5. The van der Waals surface area contributed by atoms with Crippen molar-refractivity contribution in [2.24, 2.45) is 0 Å². The quantitative estimate of drug-likeness (QED) is 0.130. The van der Waals surface area contributed by atoms with Gasteiger partial charge in [-0.3, -0.25) is 12.1 Å². The van der Waals surface area contributed by atoms with Crippen molar-refractivity contribution in [3.63, 3.8) is 0 Å². The first-order valence-corrected chi connectivity index (χ1v) is 13.6. The van der Waals surface area contributed by atoms with Crippen LogP contribution in [0.4, 0.5) is 0 Å². The summed E-state index contributed by atoms with van der Waals surface area (Å²) in [7, 11) is 0. The smallest absolute Gasteiger partial charge is 0.215 e. The van der Waals surface area contributed by atoms with Crippen molar-refractivity contribution in [3.8, 4) is 46.5 Å². The molecule has 6 aromatic rings. The number of ether oxygens (including phenoxy) is 2. The predicted octanol–water partition coefficient (Wildman–Crippen LogP) is 7.92. The van der Waals surface area contributed by atoms with Gasteiger partial charge in [0, 0.05) is 89.4 Å². The first kappa shape index (κ1) is 37.6. The van der Waals surface area contributed by atoms with Crippen LogP contribution in [-0.4, -0.2) is 19.1 Å². The van der Waals surface area contributed by atoms with Crippen LogP contribution in [0.15, 0.2) is 97.3 Å². The Bertz CT molecular complexity index is 1710. The number of aromatic nitrogens is 4. The summed E-state index contributed by atoms with van der Waals surface area (Å²) in [5.41, 5.74) is 5.57. The first-order chi connectivity index (χ1) is 21.4. The fourth-order valence-electron chi connectivity index (χ4n) is 3.92. The fourth-order valence-corrected chi connectivity index (χ4v) is 3.92. The molecule has 8 heteroatoms. The standard InChI is InChI=1S/C22H12N2O2.2C8H8N.2Pt/c1-3-13-23-21(11-1)25-19-9-5-7-17(15-19)18-8-6-10-20(16-18)26-22-12-2-4-14-24-22;2*1-4-9-7(2)5-6-8(9)3;;/h1-6,9-14H;2*5-6H,2-3H3;;/q-4;2*-1;;. The van der Waals surface area contributed by atoms with Crippen molar-refractivity contribution in [2.45, 2.75) is 27.7 Å². The van der Waals surface area contributed by atoms with E-state index >= 15 is 0 Å². The second kappa shape index (κ2) is 19.0. The molecule has 0 saturated heterocycles. The van der Waals surface area contributed by atoms with Crippen molar-refractivity contribution in [3.05, 3.63) is 157 Å². The van der Waals surface area contributed by atoms with Crippen LogP contribution < -0.4 is 9.47 Å². The second-order valence-corrected chi connectivity index (χ2v) is 9.35. The molecular weight excluding hydrogens is 935 g/mol. The molecule has 0 radical (unpaired) electrons. The van der Waals surface area contributed by atoms with Crippen LogP contribution in [0.5, 0.6) is 23.3 Å². The SMILES string of the molecule is [C-]#Cn1c(C)ccc1C.[C-]#Cn1c(C)ccc1C.[Pt].[Pt].[c-]1ccc(Oc2ccccn2)[c-]c1-c1[c-]ccc(Oc2ccccn2)[c-]1. The molecule has 0 aliphatic carbocycles. The molecule has 0 atom stereocenters. The Balaban J connectivity index is 0.000000303. The van der Waals surface area contributed by atoms with Crippen LogP contribution in [-0.2, 0) is 42.1 Å². The van der Waals surface area contributed by atoms with Gasteiger partial charge in [-0.2, -0.15) is 12.1 Å². The third-order valence-corrected chi connectivity index (χ3v) is 6.14. The molecular formula is C38H28N4O2Pt2-6. The molecule has 46 heavy (non-hydrogen) atoms. The van der Waals surface area contributed by atoms with Crippen molar-refractivity contribution in [1.29, 1.82) is 0 Å². The molecule has 238 valence electrons. The molecule has 4 aromatic heterocycles. The van der Waals surface area contributed by atoms with E-state index in [9.17, 15) is 0 Å². The number of hydrogen-bond acceptors (Lipinski definition) is 4. The van der Waals surface area contributed by atoms with E-state index in [0.29, 0.717) is 34.4 Å². The van der Waals surface area contributed by atoms with Gasteiger partial charge >= 0.3 is 0 Å². The van der Waals surface area contributed by atoms with Crippen LogP contribution in [0.2, 0.25) is 0 Å². The average molecular weight is 963 g/mol. The maximum absolute atomic E-state index is 6.86. The molecule has 0 aliphatic rings. The topological polar surface area (TPSA) is 54.1 Å². The molecule has 0 saturated carbocycles. The third kappa shape index (κ3) is 10.8. The van der Waals surface area contributed by atoms with E-state index in [2.05, 4.69) is 46.3 Å². The van der Waals surface area contributed by atoms with Crippen LogP contribution >= 0.6 is 0 Å². The minimum atomic E-state index is 0. The summed E-state index contributed by atoms with van der Waals surface area (Å²) in [5, 5.41) is 0. The molecule has 2 aromatic carbocycles. The van der Waals surface area contributed by atoms with Crippen molar-refractivity contribution >= 4 is 0 Å². The van der Waals surface area contributed by atoms with E-state index in [1.54, 1.807) is 57.9 Å². The second-order valence-electron chi connectivity index (χ2n) is 9.35. The Morgan fingerprint density at radius 3 is 1.22 bits per heavy atom. The summed E-state index contributed by atoms with van der Waals surface area (Å²) in [6, 6.07) is 43.0. The van der Waals surface area contributed by atoms with E-state index in [0.717, 1.165) is 22.8 Å². The van der Waals surface area contributed by atoms with Crippen LogP contribution in [0.1, 0.15) is 22.8 Å². The molecule has 6 nitrogen and oxygen atoms in total. The van der Waals surface area contributed by atoms with E-state index in [1.807, 2.05) is 76.2 Å². The molecule has 0 aliphatic heterocycles. The fraction of sp³-hybridized carbons (Fsp3) is 0.105. The van der Waals surface area contributed by atoms with Crippen LogP contribution in [0, 0.1) is 76.9 Å². The third-order valence-electron chi connectivity index (χ3n) is 6.14. The summed E-state index contributed by atoms with van der Waals surface area (Å²) in [6.07, 6.45) is 17.1. The van der Waals surface area contributed by atoms with Crippen molar-refractivity contribution in [2.75, 3.05) is 0 Å². The minimum Gasteiger partial charge on any atom is -0.669 e. The number of aryl methyl sites for hydroxylation is 4. The summed E-state index contributed by atoms with van der Waals surface area (Å²) in [4.78, 5) is 8.28. The average Bonchev–Trinajstić information content (AvgIpc) is 3.56. The molecule has 0 fully saturated rings. The maximum Gasteiger partial charge on any atom is 0.215 e. The molecule has 0 bridgehead atoms. The van der Waals surface area contributed by atoms with Gasteiger partial charge < -0.3 is 66.8 Å². The summed E-state index contributed by atoms with van der Waals surface area (Å²) in [5.74, 6) is 2.08. The zero-order chi connectivity index (χ0) is 31.3. The number of nitrogens with zero attached hydrogens (tertiary/aromatic N) is 4. The van der Waals surface area contributed by atoms with Crippen LogP contribution in [0.3, 0.4) is 0 Å². The summed E-state index contributed by atoms with van der Waals surface area (Å²) < 4.78 is 14.8. The Morgan fingerprint density at radius 2 is 0.935 bits per heavy atom. The Hall–Kier alpha value is -4.60. The van der Waals surface area contributed by atoms with Gasteiger partial charge in [0.15, 0.2) is 0 Å². The zero-order valence-electron chi connectivity index (χ0n) is 25.5. The zero-order valence-corrected chi connectivity index (χ0v) is 30.0. The van der Waals surface area contributed by atoms with Gasteiger partial charge in [0.05, 0.1) is 0 Å². The number of benzene rings is 2. The number of pyridine rings is 2.